The number of hydrogen-bond acceptors (Lipinski definition) is 10. The Kier molecular flexibility index (Phi) is 16.4. The summed E-state index contributed by atoms with van der Waals surface area (Å²) in [5, 5.41) is 13.0. The Morgan fingerprint density at radius 1 is 0.965 bits per heavy atom. The number of aliphatic hydroxyl groups is 1. The summed E-state index contributed by atoms with van der Waals surface area (Å²) in [6, 6.07) is 24.0. The van der Waals surface area contributed by atoms with Gasteiger partial charge in [0.2, 0.25) is 0 Å². The van der Waals surface area contributed by atoms with Crippen LogP contribution < -0.4 is 19.8 Å². The standard InChI is InChI=1S/C44H61FO10Si2/c1-43(2,3)57(34-20-13-11-14-21-34,35-22-15-12-16-23-35)55-39(54-45)26-18-24-36(46)41-37(52-44(4,5)53-41)25-17-19-32-29-33(49-7)30-38(51-31-48-6)40(32)42(47)50-27-28-56(8,9)10/h11-24,29-30,36-37,39,41,46H,25-28,31H2,1-10H3/t36?,37-,39?,41+/m0/s1. The van der Waals surface area contributed by atoms with Crippen LogP contribution in [0.25, 0.3) is 6.08 Å². The van der Waals surface area contributed by atoms with Crippen molar-refractivity contribution in [3.63, 3.8) is 0 Å². The third kappa shape index (κ3) is 12.4. The minimum atomic E-state index is -3.11. The summed E-state index contributed by atoms with van der Waals surface area (Å²) in [6.45, 7) is 16.7. The number of esters is 1. The molecule has 0 spiro atoms. The molecule has 57 heavy (non-hydrogen) atoms. The summed E-state index contributed by atoms with van der Waals surface area (Å²) < 4.78 is 55.7. The van der Waals surface area contributed by atoms with Gasteiger partial charge < -0.3 is 38.0 Å². The first kappa shape index (κ1) is 46.0. The highest BCUT2D eigenvalue weighted by Gasteiger charge is 2.52. The SMILES string of the molecule is COCOc1cc(OC)cc(C=CC[C@@H]2OC(C)(C)O[C@@H]2C(O)C=CCC(OF)O[Si](c2ccccc2)(c2ccccc2)C(C)(C)C)c1C(=O)OCC[Si](C)(C)C. The van der Waals surface area contributed by atoms with Crippen LogP contribution in [-0.4, -0.2) is 85.5 Å². The van der Waals surface area contributed by atoms with E-state index >= 15 is 0 Å². The highest BCUT2D eigenvalue weighted by atomic mass is 28.4. The van der Waals surface area contributed by atoms with Gasteiger partial charge in [0.1, 0.15) is 29.3 Å². The van der Waals surface area contributed by atoms with Crippen molar-refractivity contribution in [1.82, 2.24) is 0 Å². The van der Waals surface area contributed by atoms with E-state index < -0.39 is 57.8 Å². The number of carbonyl (C=O) groups is 1. The minimum absolute atomic E-state index is 0.0275. The third-order valence-electron chi connectivity index (χ3n) is 9.67. The number of ether oxygens (including phenoxy) is 6. The Labute approximate surface area is 339 Å². The number of methoxy groups -OCH3 is 2. The zero-order chi connectivity index (χ0) is 41.9. The molecule has 1 N–H and O–H groups in total. The van der Waals surface area contributed by atoms with Crippen LogP contribution in [0.4, 0.5) is 4.53 Å². The van der Waals surface area contributed by atoms with Crippen LogP contribution in [0.1, 0.15) is 63.4 Å². The third-order valence-corrected chi connectivity index (χ3v) is 16.4. The van der Waals surface area contributed by atoms with E-state index in [9.17, 15) is 14.4 Å². The molecule has 0 bridgehead atoms. The van der Waals surface area contributed by atoms with Crippen LogP contribution in [0.3, 0.4) is 0 Å². The molecule has 1 aliphatic heterocycles. The van der Waals surface area contributed by atoms with Crippen molar-refractivity contribution in [2.24, 2.45) is 0 Å². The second kappa shape index (κ2) is 20.3. The minimum Gasteiger partial charge on any atom is -0.497 e. The van der Waals surface area contributed by atoms with Crippen molar-refractivity contribution < 1.29 is 52.2 Å². The highest BCUT2D eigenvalue weighted by Crippen LogP contribution is 2.39. The maximum absolute atomic E-state index is 14.4. The van der Waals surface area contributed by atoms with Crippen LogP contribution in [0.15, 0.2) is 91.0 Å². The zero-order valence-corrected chi connectivity index (χ0v) is 37.1. The van der Waals surface area contributed by atoms with Crippen LogP contribution in [0.5, 0.6) is 11.5 Å². The molecule has 4 rings (SSSR count). The molecule has 0 aromatic heterocycles. The Morgan fingerprint density at radius 3 is 2.14 bits per heavy atom. The van der Waals surface area contributed by atoms with Gasteiger partial charge in [0.05, 0.1) is 19.8 Å². The molecule has 1 fully saturated rings. The maximum atomic E-state index is 14.4. The lowest BCUT2D eigenvalue weighted by molar-refractivity contribution is -0.246. The quantitative estimate of drug-likeness (QED) is 0.0518. The molecule has 3 aromatic rings. The van der Waals surface area contributed by atoms with E-state index in [0.29, 0.717) is 24.3 Å². The van der Waals surface area contributed by atoms with Gasteiger partial charge in [-0.05, 0) is 57.9 Å². The van der Waals surface area contributed by atoms with E-state index in [1.807, 2.05) is 66.7 Å². The van der Waals surface area contributed by atoms with E-state index in [-0.39, 0.29) is 24.5 Å². The Bertz CT molecular complexity index is 1730. The average molecular weight is 825 g/mol. The molecule has 4 atom stereocenters. The summed E-state index contributed by atoms with van der Waals surface area (Å²) in [5.74, 6) is -0.759. The highest BCUT2D eigenvalue weighted by molar-refractivity contribution is 6.99. The van der Waals surface area contributed by atoms with Crippen molar-refractivity contribution in [2.75, 3.05) is 27.6 Å². The van der Waals surface area contributed by atoms with Crippen molar-refractivity contribution in [1.29, 1.82) is 0 Å². The number of carbonyl (C=O) groups excluding carboxylic acids is 1. The monoisotopic (exact) mass is 824 g/mol. The predicted octanol–water partition coefficient (Wildman–Crippen LogP) is 8.21. The van der Waals surface area contributed by atoms with E-state index in [4.69, 9.17) is 32.8 Å². The lowest BCUT2D eigenvalue weighted by Crippen LogP contribution is -2.67. The van der Waals surface area contributed by atoms with Gasteiger partial charge in [-0.1, -0.05) is 125 Å². The molecular formula is C44H61FO10Si2. The molecule has 0 saturated carbocycles. The maximum Gasteiger partial charge on any atom is 0.342 e. The largest absolute Gasteiger partial charge is 0.497 e. The lowest BCUT2D eigenvalue weighted by atomic mass is 10.0. The molecule has 1 aliphatic rings. The van der Waals surface area contributed by atoms with Gasteiger partial charge in [0.15, 0.2) is 18.9 Å². The van der Waals surface area contributed by atoms with E-state index in [1.54, 1.807) is 44.2 Å². The fourth-order valence-corrected chi connectivity index (χ4v) is 12.2. The first-order chi connectivity index (χ1) is 26.9. The number of benzene rings is 3. The van der Waals surface area contributed by atoms with Gasteiger partial charge >= 0.3 is 5.97 Å². The average Bonchev–Trinajstić information content (AvgIpc) is 3.48. The van der Waals surface area contributed by atoms with Gasteiger partial charge in [-0.3, -0.25) is 0 Å². The topological polar surface area (TPSA) is 111 Å². The Morgan fingerprint density at radius 2 is 1.60 bits per heavy atom. The van der Waals surface area contributed by atoms with Gasteiger partial charge in [0.25, 0.3) is 8.32 Å². The van der Waals surface area contributed by atoms with E-state index in [2.05, 4.69) is 45.4 Å². The molecule has 1 saturated heterocycles. The zero-order valence-electron chi connectivity index (χ0n) is 35.1. The van der Waals surface area contributed by atoms with Crippen LogP contribution in [0, 0.1) is 0 Å². The van der Waals surface area contributed by atoms with Crippen molar-refractivity contribution >= 4 is 38.8 Å². The van der Waals surface area contributed by atoms with Crippen molar-refractivity contribution in [3.05, 3.63) is 102 Å². The summed E-state index contributed by atoms with van der Waals surface area (Å²) in [5.41, 5.74) is 0.764. The molecule has 0 radical (unpaired) electrons. The van der Waals surface area contributed by atoms with Gasteiger partial charge in [-0.25, -0.2) is 4.79 Å². The second-order valence-corrected chi connectivity index (χ2v) is 26.7. The van der Waals surface area contributed by atoms with Crippen LogP contribution in [-0.2, 0) is 28.3 Å². The first-order valence-electron chi connectivity index (χ1n) is 19.4. The molecule has 0 amide bonds. The fraction of sp³-hybridized carbons (Fsp3) is 0.477. The predicted molar refractivity (Wildman–Crippen MR) is 226 cm³/mol. The normalized spacial score (nSPS) is 18.5. The fourth-order valence-electron chi connectivity index (χ4n) is 6.93. The molecule has 1 heterocycles. The van der Waals surface area contributed by atoms with Gasteiger partial charge in [-0.2, -0.15) is 4.94 Å². The number of rotatable bonds is 20. The van der Waals surface area contributed by atoms with Crippen molar-refractivity contribution in [3.8, 4) is 11.5 Å². The summed E-state index contributed by atoms with van der Waals surface area (Å²) in [7, 11) is -1.54. The van der Waals surface area contributed by atoms with Crippen molar-refractivity contribution in [2.45, 2.75) is 109 Å². The lowest BCUT2D eigenvalue weighted by Gasteiger charge is -2.44. The molecule has 312 valence electrons. The van der Waals surface area contributed by atoms with Gasteiger partial charge in [-0.15, -0.1) is 0 Å². The van der Waals surface area contributed by atoms with Crippen LogP contribution >= 0.6 is 0 Å². The Hall–Kier alpha value is -3.67. The summed E-state index contributed by atoms with van der Waals surface area (Å²) in [6.07, 6.45) is 3.48. The number of hydrogen-bond donors (Lipinski definition) is 1. The Balaban J connectivity index is 1.54. The molecule has 3 aromatic carbocycles. The van der Waals surface area contributed by atoms with E-state index in [0.717, 1.165) is 16.4 Å². The first-order valence-corrected chi connectivity index (χ1v) is 25.0. The molecule has 0 aliphatic carbocycles. The van der Waals surface area contributed by atoms with E-state index in [1.165, 1.54) is 14.2 Å². The van der Waals surface area contributed by atoms with Crippen LogP contribution in [0.2, 0.25) is 30.7 Å². The van der Waals surface area contributed by atoms with Gasteiger partial charge in [0, 0.05) is 27.7 Å². The smallest absolute Gasteiger partial charge is 0.342 e. The molecule has 10 nitrogen and oxygen atoms in total. The second-order valence-electron chi connectivity index (χ2n) is 16.8. The number of aliphatic hydroxyl groups excluding tert-OH is 1. The summed E-state index contributed by atoms with van der Waals surface area (Å²) >= 11 is 0. The number of halogens is 1. The molecule has 13 heteroatoms. The summed E-state index contributed by atoms with van der Waals surface area (Å²) in [4.78, 5) is 18.0. The molecule has 2 unspecified atom stereocenters. The molecular weight excluding hydrogens is 764 g/mol.